The van der Waals surface area contributed by atoms with Gasteiger partial charge < -0.3 is 10.1 Å². The van der Waals surface area contributed by atoms with Gasteiger partial charge in [-0.05, 0) is 49.2 Å². The van der Waals surface area contributed by atoms with Gasteiger partial charge in [0.25, 0.3) is 11.5 Å². The normalized spacial score (nSPS) is 14.9. The van der Waals surface area contributed by atoms with Crippen LogP contribution in [-0.2, 0) is 4.79 Å². The Morgan fingerprint density at radius 1 is 1.02 bits per heavy atom. The molecule has 0 spiro atoms. The molecule has 1 unspecified atom stereocenters. The molecule has 0 saturated carbocycles. The summed E-state index contributed by atoms with van der Waals surface area (Å²) in [7, 11) is 1.60. The van der Waals surface area contributed by atoms with Crippen molar-refractivity contribution in [2.75, 3.05) is 12.4 Å². The highest BCUT2D eigenvalue weighted by Crippen LogP contribution is 2.32. The molecule has 41 heavy (non-hydrogen) atoms. The van der Waals surface area contributed by atoms with Gasteiger partial charge in [-0.15, -0.1) is 0 Å². The summed E-state index contributed by atoms with van der Waals surface area (Å²) < 4.78 is 7.46. The number of aryl methyl sites for hydroxylation is 1. The summed E-state index contributed by atoms with van der Waals surface area (Å²) in [4.78, 5) is 33.2. The van der Waals surface area contributed by atoms with Crippen LogP contribution >= 0.6 is 11.3 Å². The second kappa shape index (κ2) is 10.9. The Hall–Kier alpha value is -5.02. The number of carbonyl (C=O) groups is 1. The van der Waals surface area contributed by atoms with E-state index in [0.29, 0.717) is 32.0 Å². The first-order chi connectivity index (χ1) is 19.9. The van der Waals surface area contributed by atoms with Gasteiger partial charge in [-0.25, -0.2) is 4.99 Å². The third-order valence-corrected chi connectivity index (χ3v) is 8.09. The molecule has 0 fully saturated rings. The number of aromatic amines is 1. The zero-order valence-electron chi connectivity index (χ0n) is 22.7. The summed E-state index contributed by atoms with van der Waals surface area (Å²) in [6, 6.07) is 24.2. The third kappa shape index (κ3) is 4.92. The highest BCUT2D eigenvalue weighted by molar-refractivity contribution is 7.07. The van der Waals surface area contributed by atoms with Gasteiger partial charge in [-0.3, -0.25) is 19.3 Å². The summed E-state index contributed by atoms with van der Waals surface area (Å²) in [5, 5.41) is 10.3. The molecule has 1 aliphatic rings. The maximum atomic E-state index is 14.1. The average molecular weight is 562 g/mol. The van der Waals surface area contributed by atoms with Gasteiger partial charge in [0.1, 0.15) is 5.75 Å². The molecule has 0 aliphatic carbocycles. The number of amides is 1. The largest absolute Gasteiger partial charge is 0.497 e. The quantitative estimate of drug-likeness (QED) is 0.317. The Kier molecular flexibility index (Phi) is 6.94. The molecule has 6 rings (SSSR count). The highest BCUT2D eigenvalue weighted by Gasteiger charge is 2.32. The molecule has 9 heteroatoms. The summed E-state index contributed by atoms with van der Waals surface area (Å²) in [5.74, 6) is 0.373. The fourth-order valence-electron chi connectivity index (χ4n) is 5.00. The molecule has 0 radical (unpaired) electrons. The Bertz CT molecular complexity index is 1970. The molecular formula is C32H27N5O3S. The molecule has 2 N–H and O–H groups in total. The highest BCUT2D eigenvalue weighted by atomic mass is 32.1. The number of hydrogen-bond acceptors (Lipinski definition) is 6. The summed E-state index contributed by atoms with van der Waals surface area (Å²) >= 11 is 1.29. The maximum Gasteiger partial charge on any atom is 0.271 e. The molecule has 2 aromatic heterocycles. The molecule has 3 aromatic carbocycles. The number of carbonyl (C=O) groups excluding carboxylic acids is 1. The number of fused-ring (bicyclic) bond motifs is 1. The number of ether oxygens (including phenoxy) is 1. The van der Waals surface area contributed by atoms with Crippen LogP contribution in [0.4, 0.5) is 5.69 Å². The lowest BCUT2D eigenvalue weighted by atomic mass is 9.95. The molecule has 5 aromatic rings. The number of hydrogen-bond donors (Lipinski definition) is 2. The molecule has 1 aliphatic heterocycles. The van der Waals surface area contributed by atoms with Crippen molar-refractivity contribution in [3.05, 3.63) is 133 Å². The molecular weight excluding hydrogens is 534 g/mol. The molecule has 0 bridgehead atoms. The lowest BCUT2D eigenvalue weighted by Crippen LogP contribution is -2.40. The SMILES string of the molecule is COc1ccc(C2C(C(=O)Nc3ccccc3C)=C(C)N=c3sc(=Cc4cn[nH]c4-c4ccccc4)c(=O)n32)cc1. The summed E-state index contributed by atoms with van der Waals surface area (Å²) in [6.07, 6.45) is 3.53. The van der Waals surface area contributed by atoms with Crippen LogP contribution in [-0.4, -0.2) is 27.8 Å². The van der Waals surface area contributed by atoms with E-state index in [1.54, 1.807) is 17.9 Å². The van der Waals surface area contributed by atoms with Gasteiger partial charge in [-0.1, -0.05) is 72.0 Å². The van der Waals surface area contributed by atoms with Crippen LogP contribution in [0.15, 0.2) is 106 Å². The molecule has 1 amide bonds. The molecule has 204 valence electrons. The number of benzene rings is 3. The Morgan fingerprint density at radius 3 is 2.49 bits per heavy atom. The van der Waals surface area contributed by atoms with Crippen LogP contribution in [0.2, 0.25) is 0 Å². The number of nitrogens with one attached hydrogen (secondary N) is 2. The summed E-state index contributed by atoms with van der Waals surface area (Å²) in [5.41, 5.74) is 5.71. The van der Waals surface area contributed by atoms with Crippen LogP contribution in [0.5, 0.6) is 5.75 Å². The first-order valence-electron chi connectivity index (χ1n) is 13.1. The van der Waals surface area contributed by atoms with Crippen molar-refractivity contribution < 1.29 is 9.53 Å². The number of H-pyrrole nitrogens is 1. The predicted octanol–water partition coefficient (Wildman–Crippen LogP) is 4.58. The number of allylic oxidation sites excluding steroid dienone is 1. The van der Waals surface area contributed by atoms with Gasteiger partial charge >= 0.3 is 0 Å². The minimum absolute atomic E-state index is 0.233. The minimum Gasteiger partial charge on any atom is -0.497 e. The standard InChI is InChI=1S/C32H27N5O3S/c1-19-9-7-8-12-25(19)35-30(38)27-20(2)34-32-37(29(27)22-13-15-24(40-3)16-14-22)31(39)26(41-32)17-23-18-33-36-28(23)21-10-5-4-6-11-21/h4-18,29H,1-3H3,(H,33,36)(H,35,38). The third-order valence-electron chi connectivity index (χ3n) is 7.11. The van der Waals surface area contributed by atoms with E-state index in [2.05, 4.69) is 15.5 Å². The molecule has 3 heterocycles. The number of methoxy groups -OCH3 is 1. The maximum absolute atomic E-state index is 14.1. The Labute approximate surface area is 240 Å². The van der Waals surface area contributed by atoms with Crippen molar-refractivity contribution in [1.29, 1.82) is 0 Å². The van der Waals surface area contributed by atoms with Crippen LogP contribution in [0.25, 0.3) is 17.3 Å². The van der Waals surface area contributed by atoms with E-state index in [4.69, 9.17) is 9.73 Å². The number of thiazole rings is 1. The minimum atomic E-state index is -0.679. The number of rotatable bonds is 6. The smallest absolute Gasteiger partial charge is 0.271 e. The van der Waals surface area contributed by atoms with Crippen molar-refractivity contribution in [1.82, 2.24) is 14.8 Å². The van der Waals surface area contributed by atoms with Gasteiger partial charge in [0, 0.05) is 16.8 Å². The molecule has 0 saturated heterocycles. The van der Waals surface area contributed by atoms with E-state index >= 15 is 0 Å². The number of nitrogens with zero attached hydrogens (tertiary/aromatic N) is 3. The second-order valence-corrected chi connectivity index (χ2v) is 10.7. The lowest BCUT2D eigenvalue weighted by Gasteiger charge is -2.25. The van der Waals surface area contributed by atoms with Crippen LogP contribution in [0, 0.1) is 6.92 Å². The number of para-hydroxylation sites is 1. The number of aromatic nitrogens is 3. The van der Waals surface area contributed by atoms with Crippen LogP contribution in [0.3, 0.4) is 0 Å². The zero-order chi connectivity index (χ0) is 28.5. The van der Waals surface area contributed by atoms with E-state index in [9.17, 15) is 9.59 Å². The van der Waals surface area contributed by atoms with E-state index in [-0.39, 0.29) is 11.5 Å². The average Bonchev–Trinajstić information content (AvgIpc) is 3.58. The van der Waals surface area contributed by atoms with Crippen LogP contribution < -0.4 is 24.9 Å². The van der Waals surface area contributed by atoms with Gasteiger partial charge in [0.05, 0.1) is 40.8 Å². The fraction of sp³-hybridized carbons (Fsp3) is 0.125. The van der Waals surface area contributed by atoms with Gasteiger partial charge in [0.15, 0.2) is 4.80 Å². The van der Waals surface area contributed by atoms with Gasteiger partial charge in [-0.2, -0.15) is 5.10 Å². The van der Waals surface area contributed by atoms with Crippen molar-refractivity contribution >= 4 is 29.0 Å². The van der Waals surface area contributed by atoms with Crippen molar-refractivity contribution in [2.24, 2.45) is 4.99 Å². The first kappa shape index (κ1) is 26.2. The Morgan fingerprint density at radius 2 is 1.76 bits per heavy atom. The van der Waals surface area contributed by atoms with E-state index in [0.717, 1.165) is 27.9 Å². The molecule has 1 atom stereocenters. The first-order valence-corrected chi connectivity index (χ1v) is 13.9. The summed E-state index contributed by atoms with van der Waals surface area (Å²) in [6.45, 7) is 3.75. The predicted molar refractivity (Wildman–Crippen MR) is 161 cm³/mol. The van der Waals surface area contributed by atoms with Crippen molar-refractivity contribution in [3.8, 4) is 17.0 Å². The Balaban J connectivity index is 1.50. The van der Waals surface area contributed by atoms with E-state index in [1.807, 2.05) is 98.8 Å². The molecule has 8 nitrogen and oxygen atoms in total. The van der Waals surface area contributed by atoms with E-state index < -0.39 is 6.04 Å². The fourth-order valence-corrected chi connectivity index (χ4v) is 6.04. The van der Waals surface area contributed by atoms with Gasteiger partial charge in [0.2, 0.25) is 0 Å². The van der Waals surface area contributed by atoms with E-state index in [1.165, 1.54) is 11.3 Å². The van der Waals surface area contributed by atoms with Crippen molar-refractivity contribution in [2.45, 2.75) is 19.9 Å². The topological polar surface area (TPSA) is 101 Å². The number of anilines is 1. The van der Waals surface area contributed by atoms with Crippen molar-refractivity contribution in [3.63, 3.8) is 0 Å². The second-order valence-electron chi connectivity index (χ2n) is 9.69. The monoisotopic (exact) mass is 561 g/mol. The lowest BCUT2D eigenvalue weighted by molar-refractivity contribution is -0.113. The van der Waals surface area contributed by atoms with Crippen LogP contribution in [0.1, 0.15) is 29.7 Å². The zero-order valence-corrected chi connectivity index (χ0v) is 23.5.